The van der Waals surface area contributed by atoms with E-state index in [4.69, 9.17) is 0 Å². The van der Waals surface area contributed by atoms with Crippen molar-refractivity contribution in [3.63, 3.8) is 0 Å². The molecule has 0 saturated carbocycles. The van der Waals surface area contributed by atoms with E-state index in [-0.39, 0.29) is 5.91 Å². The highest BCUT2D eigenvalue weighted by molar-refractivity contribution is 5.94. The third kappa shape index (κ3) is 4.80. The van der Waals surface area contributed by atoms with Gasteiger partial charge in [0.2, 0.25) is 0 Å². The van der Waals surface area contributed by atoms with Crippen LogP contribution >= 0.6 is 0 Å². The van der Waals surface area contributed by atoms with Gasteiger partial charge in [0.05, 0.1) is 11.6 Å². The summed E-state index contributed by atoms with van der Waals surface area (Å²) in [5.41, 5.74) is 0.581. The van der Waals surface area contributed by atoms with Crippen LogP contribution < -0.4 is 5.32 Å². The van der Waals surface area contributed by atoms with Crippen LogP contribution in [0.1, 0.15) is 29.3 Å². The summed E-state index contributed by atoms with van der Waals surface area (Å²) in [4.78, 5) is 12.4. The highest BCUT2D eigenvalue weighted by Crippen LogP contribution is 2.20. The Hall–Kier alpha value is -2.39. The van der Waals surface area contributed by atoms with Crippen molar-refractivity contribution in [3.8, 4) is 0 Å². The Morgan fingerprint density at radius 3 is 2.30 bits per heavy atom. The van der Waals surface area contributed by atoms with Gasteiger partial charge in [0.15, 0.2) is 0 Å². The van der Waals surface area contributed by atoms with Crippen LogP contribution in [0.2, 0.25) is 0 Å². The monoisotopic (exact) mass is 309 g/mol. The van der Waals surface area contributed by atoms with E-state index in [1.807, 2.05) is 48.5 Å². The van der Waals surface area contributed by atoms with Crippen molar-refractivity contribution in [1.82, 2.24) is 5.32 Å². The van der Waals surface area contributed by atoms with Crippen LogP contribution in [-0.4, -0.2) is 22.7 Å². The molecule has 0 unspecified atom stereocenters. The minimum atomic E-state index is -1.07. The van der Waals surface area contributed by atoms with Crippen molar-refractivity contribution >= 4 is 5.91 Å². The molecular formula is C20H23NO2. The molecule has 0 bridgehead atoms. The lowest BCUT2D eigenvalue weighted by atomic mass is 9.87. The van der Waals surface area contributed by atoms with Crippen molar-refractivity contribution in [2.75, 3.05) is 0 Å². The summed E-state index contributed by atoms with van der Waals surface area (Å²) >= 11 is 0. The second kappa shape index (κ2) is 7.75. The first-order chi connectivity index (χ1) is 11.0. The number of nitrogens with one attached hydrogen (secondary N) is 1. The maximum atomic E-state index is 12.4. The molecule has 0 fully saturated rings. The summed E-state index contributed by atoms with van der Waals surface area (Å²) in [6, 6.07) is 18.5. The molecule has 2 aromatic rings. The van der Waals surface area contributed by atoms with Gasteiger partial charge in [0, 0.05) is 5.56 Å². The van der Waals surface area contributed by atoms with Crippen LogP contribution in [0.15, 0.2) is 73.3 Å². The Balaban J connectivity index is 2.19. The molecule has 2 N–H and O–H groups in total. The first kappa shape index (κ1) is 17.0. The van der Waals surface area contributed by atoms with Gasteiger partial charge in [-0.25, -0.2) is 0 Å². The number of hydrogen-bond acceptors (Lipinski definition) is 2. The predicted molar refractivity (Wildman–Crippen MR) is 93.3 cm³/mol. The average Bonchev–Trinajstić information content (AvgIpc) is 2.56. The molecule has 0 spiro atoms. The third-order valence-corrected chi connectivity index (χ3v) is 3.93. The van der Waals surface area contributed by atoms with Gasteiger partial charge in [0.1, 0.15) is 0 Å². The van der Waals surface area contributed by atoms with E-state index >= 15 is 0 Å². The molecule has 0 aliphatic heterocycles. The zero-order valence-electron chi connectivity index (χ0n) is 13.4. The van der Waals surface area contributed by atoms with Gasteiger partial charge in [-0.2, -0.15) is 0 Å². The van der Waals surface area contributed by atoms with Crippen molar-refractivity contribution in [2.24, 2.45) is 0 Å². The number of benzene rings is 2. The minimum absolute atomic E-state index is 0.184. The average molecular weight is 309 g/mol. The largest absolute Gasteiger partial charge is 0.388 e. The number of aliphatic hydroxyl groups is 1. The van der Waals surface area contributed by atoms with E-state index in [2.05, 4.69) is 11.9 Å². The molecule has 0 aromatic heterocycles. The summed E-state index contributed by atoms with van der Waals surface area (Å²) < 4.78 is 0. The molecule has 0 heterocycles. The topological polar surface area (TPSA) is 49.3 Å². The molecular weight excluding hydrogens is 286 g/mol. The first-order valence-corrected chi connectivity index (χ1v) is 7.76. The summed E-state index contributed by atoms with van der Waals surface area (Å²) in [6.07, 6.45) is 2.63. The molecule has 0 aliphatic rings. The molecule has 0 aliphatic carbocycles. The molecule has 120 valence electrons. The smallest absolute Gasteiger partial charge is 0.251 e. The van der Waals surface area contributed by atoms with E-state index in [9.17, 15) is 9.90 Å². The number of hydrogen-bond donors (Lipinski definition) is 2. The summed E-state index contributed by atoms with van der Waals surface area (Å²) in [7, 11) is 0. The molecule has 0 saturated heterocycles. The molecule has 1 amide bonds. The van der Waals surface area contributed by atoms with Gasteiger partial charge in [-0.05, 0) is 37.5 Å². The minimum Gasteiger partial charge on any atom is -0.388 e. The van der Waals surface area contributed by atoms with Crippen molar-refractivity contribution in [2.45, 2.75) is 31.4 Å². The molecule has 2 rings (SSSR count). The van der Waals surface area contributed by atoms with E-state index in [1.165, 1.54) is 0 Å². The van der Waals surface area contributed by atoms with Gasteiger partial charge in [-0.15, -0.1) is 6.58 Å². The van der Waals surface area contributed by atoms with E-state index in [1.54, 1.807) is 25.1 Å². The zero-order valence-corrected chi connectivity index (χ0v) is 13.4. The van der Waals surface area contributed by atoms with E-state index in [0.29, 0.717) is 18.4 Å². The van der Waals surface area contributed by atoms with Crippen LogP contribution in [0.3, 0.4) is 0 Å². The third-order valence-electron chi connectivity index (χ3n) is 3.93. The highest BCUT2D eigenvalue weighted by Gasteiger charge is 2.32. The molecule has 3 nitrogen and oxygen atoms in total. The molecule has 2 aromatic carbocycles. The Bertz CT molecular complexity index is 635. The van der Waals surface area contributed by atoms with E-state index < -0.39 is 11.6 Å². The Morgan fingerprint density at radius 1 is 1.17 bits per heavy atom. The van der Waals surface area contributed by atoms with Gasteiger partial charge in [0.25, 0.3) is 5.91 Å². The lowest BCUT2D eigenvalue weighted by molar-refractivity contribution is 0.0212. The second-order valence-corrected chi connectivity index (χ2v) is 5.93. The Kier molecular flexibility index (Phi) is 5.72. The van der Waals surface area contributed by atoms with Crippen molar-refractivity contribution in [3.05, 3.63) is 84.4 Å². The fourth-order valence-electron chi connectivity index (χ4n) is 2.54. The quantitative estimate of drug-likeness (QED) is 0.771. The van der Waals surface area contributed by atoms with E-state index in [0.717, 1.165) is 5.56 Å². The number of carbonyl (C=O) groups is 1. The van der Waals surface area contributed by atoms with Gasteiger partial charge < -0.3 is 10.4 Å². The highest BCUT2D eigenvalue weighted by atomic mass is 16.3. The van der Waals surface area contributed by atoms with Crippen LogP contribution in [0.4, 0.5) is 0 Å². The molecule has 0 radical (unpaired) electrons. The zero-order chi connectivity index (χ0) is 16.7. The number of amides is 1. The molecule has 23 heavy (non-hydrogen) atoms. The fraction of sp³-hybridized carbons (Fsp3) is 0.250. The van der Waals surface area contributed by atoms with Gasteiger partial charge >= 0.3 is 0 Å². The number of rotatable bonds is 7. The maximum Gasteiger partial charge on any atom is 0.251 e. The lowest BCUT2D eigenvalue weighted by Crippen LogP contribution is -2.52. The molecule has 3 heteroatoms. The van der Waals surface area contributed by atoms with Crippen LogP contribution in [0.5, 0.6) is 0 Å². The fourth-order valence-corrected chi connectivity index (χ4v) is 2.54. The lowest BCUT2D eigenvalue weighted by Gasteiger charge is -2.33. The molecule has 2 atom stereocenters. The second-order valence-electron chi connectivity index (χ2n) is 5.93. The van der Waals surface area contributed by atoms with Crippen LogP contribution in [0.25, 0.3) is 0 Å². The van der Waals surface area contributed by atoms with Gasteiger partial charge in [-0.1, -0.05) is 54.6 Å². The SMILES string of the molecule is C=CC[C@@](C)(O)[C@@H](Cc1ccccc1)NC(=O)c1ccccc1. The normalized spacial score (nSPS) is 14.5. The summed E-state index contributed by atoms with van der Waals surface area (Å²) in [5.74, 6) is -0.184. The van der Waals surface area contributed by atoms with Crippen molar-refractivity contribution < 1.29 is 9.90 Å². The van der Waals surface area contributed by atoms with Crippen LogP contribution in [-0.2, 0) is 6.42 Å². The van der Waals surface area contributed by atoms with Gasteiger partial charge in [-0.3, -0.25) is 4.79 Å². The van der Waals surface area contributed by atoms with Crippen LogP contribution in [0, 0.1) is 0 Å². The Morgan fingerprint density at radius 2 is 1.74 bits per heavy atom. The van der Waals surface area contributed by atoms with Crippen molar-refractivity contribution in [1.29, 1.82) is 0 Å². The predicted octanol–water partition coefficient (Wildman–Crippen LogP) is 3.35. The number of carbonyl (C=O) groups excluding carboxylic acids is 1. The standard InChI is InChI=1S/C20H23NO2/c1-3-14-20(2,23)18(15-16-10-6-4-7-11-16)21-19(22)17-12-8-5-9-13-17/h3-13,18,23H,1,14-15H2,2H3,(H,21,22)/t18-,20-/m1/s1. The Labute approximate surface area is 137 Å². The summed E-state index contributed by atoms with van der Waals surface area (Å²) in [6.45, 7) is 5.43. The summed E-state index contributed by atoms with van der Waals surface area (Å²) in [5, 5.41) is 13.7. The first-order valence-electron chi connectivity index (χ1n) is 7.76. The maximum absolute atomic E-state index is 12.4.